The average molecular weight is 241 g/mol. The maximum Gasteiger partial charge on any atom is 0.0948 e. The van der Waals surface area contributed by atoms with Crippen LogP contribution in [0.1, 0.15) is 17.8 Å². The zero-order valence-electron chi connectivity index (χ0n) is 10.8. The van der Waals surface area contributed by atoms with Crippen molar-refractivity contribution < 1.29 is 0 Å². The quantitative estimate of drug-likeness (QED) is 0.753. The summed E-state index contributed by atoms with van der Waals surface area (Å²) in [5.41, 5.74) is 2.87. The molecule has 0 aliphatic rings. The molecule has 0 amide bonds. The Morgan fingerprint density at radius 2 is 2.17 bits per heavy atom. The molecule has 0 saturated heterocycles. The van der Waals surface area contributed by atoms with E-state index in [1.165, 1.54) is 0 Å². The molecule has 2 rings (SSSR count). The summed E-state index contributed by atoms with van der Waals surface area (Å²) in [4.78, 5) is 8.50. The first-order chi connectivity index (χ1) is 8.63. The first kappa shape index (κ1) is 12.4. The van der Waals surface area contributed by atoms with E-state index >= 15 is 0 Å². The molecule has 0 spiro atoms. The van der Waals surface area contributed by atoms with Gasteiger partial charge >= 0.3 is 0 Å². The Balaban J connectivity index is 2.34. The summed E-state index contributed by atoms with van der Waals surface area (Å²) in [5.74, 6) is 1.08. The normalized spacial score (nSPS) is 10.8. The second-order valence-electron chi connectivity index (χ2n) is 4.26. The maximum absolute atomic E-state index is 4.38. The SMILES string of the molecule is C=CC[C](C(=C)c1cncn1C)c1cn(C)cn1. The summed E-state index contributed by atoms with van der Waals surface area (Å²) in [6.07, 6.45) is 9.96. The van der Waals surface area contributed by atoms with Crippen molar-refractivity contribution in [3.05, 3.63) is 61.6 Å². The van der Waals surface area contributed by atoms with E-state index in [9.17, 15) is 0 Å². The highest BCUT2D eigenvalue weighted by Crippen LogP contribution is 2.31. The summed E-state index contributed by atoms with van der Waals surface area (Å²) in [7, 11) is 3.91. The maximum atomic E-state index is 4.38. The van der Waals surface area contributed by atoms with E-state index in [0.717, 1.165) is 29.3 Å². The van der Waals surface area contributed by atoms with E-state index in [0.29, 0.717) is 0 Å². The highest BCUT2D eigenvalue weighted by molar-refractivity contribution is 5.76. The molecule has 0 N–H and O–H groups in total. The topological polar surface area (TPSA) is 35.6 Å². The van der Waals surface area contributed by atoms with Crippen molar-refractivity contribution in [1.29, 1.82) is 0 Å². The Bertz CT molecular complexity index is 562. The third-order valence-corrected chi connectivity index (χ3v) is 2.85. The Morgan fingerprint density at radius 1 is 1.39 bits per heavy atom. The molecule has 0 bridgehead atoms. The zero-order valence-corrected chi connectivity index (χ0v) is 10.8. The van der Waals surface area contributed by atoms with Crippen molar-refractivity contribution in [3.8, 4) is 0 Å². The van der Waals surface area contributed by atoms with Crippen LogP contribution in [-0.2, 0) is 14.1 Å². The fourth-order valence-electron chi connectivity index (χ4n) is 1.90. The van der Waals surface area contributed by atoms with E-state index in [1.807, 2.05) is 41.7 Å². The van der Waals surface area contributed by atoms with Crippen LogP contribution in [0.15, 0.2) is 44.3 Å². The lowest BCUT2D eigenvalue weighted by Gasteiger charge is -2.15. The van der Waals surface area contributed by atoms with Gasteiger partial charge in [0, 0.05) is 20.3 Å². The number of nitrogens with zero attached hydrogens (tertiary/aromatic N) is 4. The molecule has 2 heterocycles. The third-order valence-electron chi connectivity index (χ3n) is 2.85. The number of aryl methyl sites for hydroxylation is 2. The van der Waals surface area contributed by atoms with Crippen LogP contribution in [0, 0.1) is 5.92 Å². The highest BCUT2D eigenvalue weighted by atomic mass is 15.0. The molecule has 0 saturated carbocycles. The molecule has 0 aliphatic carbocycles. The average Bonchev–Trinajstić information content (AvgIpc) is 2.94. The summed E-state index contributed by atoms with van der Waals surface area (Å²) >= 11 is 0. The lowest BCUT2D eigenvalue weighted by molar-refractivity contribution is 0.889. The van der Waals surface area contributed by atoms with Gasteiger partial charge in [-0.25, -0.2) is 9.97 Å². The minimum absolute atomic E-state index is 0.737. The smallest absolute Gasteiger partial charge is 0.0948 e. The molecular formula is C14H17N4. The van der Waals surface area contributed by atoms with Crippen LogP contribution in [0.3, 0.4) is 0 Å². The molecule has 0 aromatic carbocycles. The molecule has 1 radical (unpaired) electrons. The van der Waals surface area contributed by atoms with Crippen molar-refractivity contribution in [1.82, 2.24) is 19.1 Å². The number of hydrogen-bond acceptors (Lipinski definition) is 2. The van der Waals surface area contributed by atoms with E-state index < -0.39 is 0 Å². The van der Waals surface area contributed by atoms with Crippen molar-refractivity contribution in [2.24, 2.45) is 14.1 Å². The number of imidazole rings is 2. The first-order valence-corrected chi connectivity index (χ1v) is 5.74. The first-order valence-electron chi connectivity index (χ1n) is 5.74. The van der Waals surface area contributed by atoms with Gasteiger partial charge in [-0.05, 0) is 12.0 Å². The van der Waals surface area contributed by atoms with Gasteiger partial charge in [0.2, 0.25) is 0 Å². The van der Waals surface area contributed by atoms with Gasteiger partial charge in [-0.3, -0.25) is 0 Å². The van der Waals surface area contributed by atoms with Gasteiger partial charge in [-0.15, -0.1) is 6.58 Å². The second kappa shape index (κ2) is 5.04. The fourth-order valence-corrected chi connectivity index (χ4v) is 1.90. The van der Waals surface area contributed by atoms with Gasteiger partial charge in [-0.1, -0.05) is 12.7 Å². The predicted octanol–water partition coefficient (Wildman–Crippen LogP) is 2.37. The Kier molecular flexibility index (Phi) is 3.46. The summed E-state index contributed by atoms with van der Waals surface area (Å²) < 4.78 is 3.88. The lowest BCUT2D eigenvalue weighted by atomic mass is 9.92. The summed E-state index contributed by atoms with van der Waals surface area (Å²) in [6, 6.07) is 0. The van der Waals surface area contributed by atoms with E-state index in [2.05, 4.69) is 23.1 Å². The predicted molar refractivity (Wildman–Crippen MR) is 72.6 cm³/mol. The number of rotatable bonds is 5. The van der Waals surface area contributed by atoms with Crippen molar-refractivity contribution >= 4 is 5.57 Å². The molecule has 4 heteroatoms. The van der Waals surface area contributed by atoms with Crippen LogP contribution < -0.4 is 0 Å². The molecule has 18 heavy (non-hydrogen) atoms. The molecule has 0 aliphatic heterocycles. The number of allylic oxidation sites excluding steroid dienone is 2. The number of hydrogen-bond donors (Lipinski definition) is 0. The zero-order chi connectivity index (χ0) is 13.1. The third kappa shape index (κ3) is 2.27. The van der Waals surface area contributed by atoms with Gasteiger partial charge in [0.25, 0.3) is 0 Å². The van der Waals surface area contributed by atoms with Gasteiger partial charge in [0.05, 0.1) is 36.2 Å². The standard InChI is InChI=1S/C14H17N4/c1-5-6-12(13-8-17(3)10-16-13)11(2)14-7-15-9-18(14)4/h5,7-10H,1-2,6H2,3-4H3. The van der Waals surface area contributed by atoms with E-state index in [4.69, 9.17) is 0 Å². The monoisotopic (exact) mass is 241 g/mol. The van der Waals surface area contributed by atoms with E-state index in [-0.39, 0.29) is 0 Å². The molecular weight excluding hydrogens is 224 g/mol. The number of aromatic nitrogens is 4. The Labute approximate surface area is 107 Å². The summed E-state index contributed by atoms with van der Waals surface area (Å²) in [6.45, 7) is 7.97. The summed E-state index contributed by atoms with van der Waals surface area (Å²) in [5, 5.41) is 0. The lowest BCUT2D eigenvalue weighted by Crippen LogP contribution is -2.05. The molecule has 4 nitrogen and oxygen atoms in total. The van der Waals surface area contributed by atoms with Crippen molar-refractivity contribution in [2.75, 3.05) is 0 Å². The Hall–Kier alpha value is -2.10. The molecule has 0 unspecified atom stereocenters. The molecule has 93 valence electrons. The largest absolute Gasteiger partial charge is 0.340 e. The molecule has 0 fully saturated rings. The second-order valence-corrected chi connectivity index (χ2v) is 4.26. The molecule has 2 aromatic rings. The Morgan fingerprint density at radius 3 is 2.67 bits per heavy atom. The van der Waals surface area contributed by atoms with Gasteiger partial charge < -0.3 is 9.13 Å². The molecule has 2 aromatic heterocycles. The van der Waals surface area contributed by atoms with Crippen LogP contribution >= 0.6 is 0 Å². The minimum Gasteiger partial charge on any atom is -0.340 e. The molecule has 0 atom stereocenters. The van der Waals surface area contributed by atoms with Gasteiger partial charge in [0.1, 0.15) is 0 Å². The highest BCUT2D eigenvalue weighted by Gasteiger charge is 2.20. The minimum atomic E-state index is 0.737. The van der Waals surface area contributed by atoms with Crippen molar-refractivity contribution in [3.63, 3.8) is 0 Å². The van der Waals surface area contributed by atoms with Gasteiger partial charge in [0.15, 0.2) is 0 Å². The van der Waals surface area contributed by atoms with E-state index in [1.54, 1.807) is 12.7 Å². The van der Waals surface area contributed by atoms with Crippen LogP contribution in [0.4, 0.5) is 0 Å². The van der Waals surface area contributed by atoms with Crippen LogP contribution in [0.2, 0.25) is 0 Å². The van der Waals surface area contributed by atoms with Crippen LogP contribution in [0.25, 0.3) is 5.57 Å². The fraction of sp³-hybridized carbons (Fsp3) is 0.214. The van der Waals surface area contributed by atoms with Crippen LogP contribution in [-0.4, -0.2) is 19.1 Å². The van der Waals surface area contributed by atoms with Gasteiger partial charge in [-0.2, -0.15) is 0 Å². The van der Waals surface area contributed by atoms with Crippen LogP contribution in [0.5, 0.6) is 0 Å². The van der Waals surface area contributed by atoms with Crippen molar-refractivity contribution in [2.45, 2.75) is 6.42 Å².